The van der Waals surface area contributed by atoms with Gasteiger partial charge in [0.2, 0.25) is 0 Å². The number of hydrogen-bond donors (Lipinski definition) is 1. The number of hydrogen-bond acceptors (Lipinski definition) is 5. The maximum absolute atomic E-state index is 13.3. The minimum Gasteiger partial charge on any atom is -0.366 e. The van der Waals surface area contributed by atoms with Gasteiger partial charge in [-0.05, 0) is 67.6 Å². The molecule has 0 spiro atoms. The average Bonchev–Trinajstić information content (AvgIpc) is 3.16. The molecule has 3 heterocycles. The summed E-state index contributed by atoms with van der Waals surface area (Å²) in [6.45, 7) is 1.04. The minimum absolute atomic E-state index is 0.237. The molecule has 1 aliphatic carbocycles. The fraction of sp³-hybridized carbons (Fsp3) is 0.304. The number of nitrogens with one attached hydrogen (secondary N) is 1. The molecule has 1 aliphatic heterocycles. The van der Waals surface area contributed by atoms with E-state index in [0.29, 0.717) is 12.1 Å². The Hall–Kier alpha value is -2.93. The molecule has 1 saturated heterocycles. The van der Waals surface area contributed by atoms with Gasteiger partial charge in [0, 0.05) is 29.2 Å². The first-order valence-corrected chi connectivity index (χ1v) is 11.3. The van der Waals surface area contributed by atoms with Crippen molar-refractivity contribution in [2.24, 2.45) is 5.92 Å². The topological polar surface area (TPSA) is 46.0 Å². The standard InChI is InChI=1S/C23H22FN5S/c24-17-3-5-18(6-4-17)29-21-8-7-19(13-16(21)14-26-29)28-11-9-20(22(28)15-1-2-15)27-23-25-10-12-30-23/h3-8,10,12-15,20,22H,1-2,9,11H2,(H,25,27)/t20-,22+/m0/s1. The highest BCUT2D eigenvalue weighted by molar-refractivity contribution is 7.13. The van der Waals surface area contributed by atoms with Crippen LogP contribution in [0, 0.1) is 11.7 Å². The van der Waals surface area contributed by atoms with Gasteiger partial charge in [-0.2, -0.15) is 5.10 Å². The van der Waals surface area contributed by atoms with Crippen LogP contribution in [-0.2, 0) is 0 Å². The molecular weight excluding hydrogens is 397 g/mol. The van der Waals surface area contributed by atoms with Crippen LogP contribution < -0.4 is 10.2 Å². The van der Waals surface area contributed by atoms with Gasteiger partial charge in [-0.25, -0.2) is 14.1 Å². The van der Waals surface area contributed by atoms with Crippen molar-refractivity contribution in [3.05, 3.63) is 66.1 Å². The molecule has 0 radical (unpaired) electrons. The van der Waals surface area contributed by atoms with Gasteiger partial charge in [0.1, 0.15) is 5.82 Å². The smallest absolute Gasteiger partial charge is 0.182 e. The summed E-state index contributed by atoms with van der Waals surface area (Å²) in [5.74, 6) is 0.515. The predicted molar refractivity (Wildman–Crippen MR) is 119 cm³/mol. The Bertz CT molecular complexity index is 1170. The van der Waals surface area contributed by atoms with Crippen LogP contribution in [0.4, 0.5) is 15.2 Å². The lowest BCUT2D eigenvalue weighted by atomic mass is 10.0. The van der Waals surface area contributed by atoms with Crippen molar-refractivity contribution in [3.8, 4) is 5.69 Å². The van der Waals surface area contributed by atoms with E-state index in [4.69, 9.17) is 0 Å². The van der Waals surface area contributed by atoms with Gasteiger partial charge in [-0.1, -0.05) is 0 Å². The maximum atomic E-state index is 13.3. The molecule has 2 aliphatic rings. The lowest BCUT2D eigenvalue weighted by Crippen LogP contribution is -2.40. The van der Waals surface area contributed by atoms with E-state index in [0.717, 1.165) is 40.6 Å². The molecule has 1 N–H and O–H groups in total. The van der Waals surface area contributed by atoms with Crippen LogP contribution in [0.25, 0.3) is 16.6 Å². The Morgan fingerprint density at radius 2 is 1.87 bits per heavy atom. The summed E-state index contributed by atoms with van der Waals surface area (Å²) in [5, 5.41) is 12.4. The molecule has 152 valence electrons. The van der Waals surface area contributed by atoms with Gasteiger partial charge < -0.3 is 10.2 Å². The van der Waals surface area contributed by atoms with Gasteiger partial charge in [0.15, 0.2) is 5.13 Å². The van der Waals surface area contributed by atoms with Crippen LogP contribution in [-0.4, -0.2) is 33.4 Å². The van der Waals surface area contributed by atoms with E-state index in [1.54, 1.807) is 23.5 Å². The zero-order chi connectivity index (χ0) is 20.1. The van der Waals surface area contributed by atoms with Crippen molar-refractivity contribution >= 4 is 33.1 Å². The fourth-order valence-electron chi connectivity index (χ4n) is 4.74. The Morgan fingerprint density at radius 1 is 1.03 bits per heavy atom. The largest absolute Gasteiger partial charge is 0.366 e. The summed E-state index contributed by atoms with van der Waals surface area (Å²) >= 11 is 1.67. The van der Waals surface area contributed by atoms with E-state index in [2.05, 4.69) is 38.5 Å². The maximum Gasteiger partial charge on any atom is 0.182 e. The third-order valence-electron chi connectivity index (χ3n) is 6.25. The summed E-state index contributed by atoms with van der Waals surface area (Å²) in [5.41, 5.74) is 3.15. The molecule has 2 fully saturated rings. The first-order chi connectivity index (χ1) is 14.8. The van der Waals surface area contributed by atoms with Crippen molar-refractivity contribution < 1.29 is 4.39 Å². The lowest BCUT2D eigenvalue weighted by Gasteiger charge is -2.30. The molecular formula is C23H22FN5S. The van der Waals surface area contributed by atoms with E-state index in [1.165, 1.54) is 30.7 Å². The number of halogens is 1. The van der Waals surface area contributed by atoms with Crippen LogP contribution in [0.5, 0.6) is 0 Å². The highest BCUT2D eigenvalue weighted by atomic mass is 32.1. The predicted octanol–water partition coefficient (Wildman–Crippen LogP) is 5.09. The van der Waals surface area contributed by atoms with Crippen LogP contribution in [0.1, 0.15) is 19.3 Å². The van der Waals surface area contributed by atoms with Crippen LogP contribution in [0.15, 0.2) is 60.2 Å². The van der Waals surface area contributed by atoms with E-state index in [-0.39, 0.29) is 5.82 Å². The summed E-state index contributed by atoms with van der Waals surface area (Å²) in [7, 11) is 0. The summed E-state index contributed by atoms with van der Waals surface area (Å²) < 4.78 is 15.2. The van der Waals surface area contributed by atoms with Gasteiger partial charge in [0.05, 0.1) is 29.5 Å². The SMILES string of the molecule is Fc1ccc(-n2ncc3cc(N4CC[C@H](Nc5nccs5)[C@H]4C4CC4)ccc32)cc1. The normalized spacial score (nSPS) is 21.4. The molecule has 2 aromatic carbocycles. The molecule has 30 heavy (non-hydrogen) atoms. The summed E-state index contributed by atoms with van der Waals surface area (Å²) in [6.07, 6.45) is 7.49. The lowest BCUT2D eigenvalue weighted by molar-refractivity contribution is 0.548. The molecule has 5 nitrogen and oxygen atoms in total. The highest BCUT2D eigenvalue weighted by Gasteiger charge is 2.44. The van der Waals surface area contributed by atoms with E-state index in [1.807, 2.05) is 22.5 Å². The highest BCUT2D eigenvalue weighted by Crippen LogP contribution is 2.43. The molecule has 7 heteroatoms. The summed E-state index contributed by atoms with van der Waals surface area (Å²) in [4.78, 5) is 6.99. The molecule has 1 saturated carbocycles. The molecule has 0 unspecified atom stereocenters. The van der Waals surface area contributed by atoms with Crippen LogP contribution >= 0.6 is 11.3 Å². The van der Waals surface area contributed by atoms with Crippen LogP contribution in [0.3, 0.4) is 0 Å². The Kier molecular flexibility index (Phi) is 4.23. The first kappa shape index (κ1) is 17.9. The second-order valence-corrected chi connectivity index (χ2v) is 9.07. The third-order valence-corrected chi connectivity index (χ3v) is 6.96. The number of rotatable bonds is 5. The Labute approximate surface area is 178 Å². The van der Waals surface area contributed by atoms with Crippen molar-refractivity contribution in [3.63, 3.8) is 0 Å². The van der Waals surface area contributed by atoms with E-state index < -0.39 is 0 Å². The van der Waals surface area contributed by atoms with E-state index in [9.17, 15) is 4.39 Å². The van der Waals surface area contributed by atoms with Gasteiger partial charge >= 0.3 is 0 Å². The number of nitrogens with zero attached hydrogens (tertiary/aromatic N) is 4. The molecule has 2 atom stereocenters. The van der Waals surface area contributed by atoms with E-state index >= 15 is 0 Å². The monoisotopic (exact) mass is 419 g/mol. The summed E-state index contributed by atoms with van der Waals surface area (Å²) in [6, 6.07) is 14.0. The van der Waals surface area contributed by atoms with Crippen molar-refractivity contribution in [1.82, 2.24) is 14.8 Å². The second-order valence-electron chi connectivity index (χ2n) is 8.17. The number of thiazole rings is 1. The molecule has 0 amide bonds. The number of benzene rings is 2. The number of anilines is 2. The third kappa shape index (κ3) is 3.13. The number of fused-ring (bicyclic) bond motifs is 1. The average molecular weight is 420 g/mol. The zero-order valence-electron chi connectivity index (χ0n) is 16.4. The first-order valence-electron chi connectivity index (χ1n) is 10.4. The van der Waals surface area contributed by atoms with Gasteiger partial charge in [0.25, 0.3) is 0 Å². The molecule has 2 aromatic heterocycles. The van der Waals surface area contributed by atoms with Crippen molar-refractivity contribution in [1.29, 1.82) is 0 Å². The molecule has 0 bridgehead atoms. The second kappa shape index (κ2) is 7.09. The quantitative estimate of drug-likeness (QED) is 0.489. The Morgan fingerprint density at radius 3 is 2.63 bits per heavy atom. The van der Waals surface area contributed by atoms with Crippen LogP contribution in [0.2, 0.25) is 0 Å². The number of aromatic nitrogens is 3. The molecule has 6 rings (SSSR count). The van der Waals surface area contributed by atoms with Gasteiger partial charge in [-0.3, -0.25) is 0 Å². The Balaban J connectivity index is 1.30. The minimum atomic E-state index is -0.237. The fourth-order valence-corrected chi connectivity index (χ4v) is 5.33. The van der Waals surface area contributed by atoms with Crippen molar-refractivity contribution in [2.45, 2.75) is 31.3 Å². The molecule has 4 aromatic rings. The van der Waals surface area contributed by atoms with Crippen molar-refractivity contribution in [2.75, 3.05) is 16.8 Å². The van der Waals surface area contributed by atoms with Gasteiger partial charge in [-0.15, -0.1) is 11.3 Å². The zero-order valence-corrected chi connectivity index (χ0v) is 17.2.